The van der Waals surface area contributed by atoms with Gasteiger partial charge in [0, 0.05) is 43.7 Å². The van der Waals surface area contributed by atoms with Crippen molar-refractivity contribution in [3.63, 3.8) is 0 Å². The van der Waals surface area contributed by atoms with Gasteiger partial charge in [-0.25, -0.2) is 0 Å². The van der Waals surface area contributed by atoms with Crippen LogP contribution in [-0.4, -0.2) is 54.6 Å². The van der Waals surface area contributed by atoms with Gasteiger partial charge in [0.05, 0.1) is 0 Å². The molecule has 1 saturated heterocycles. The van der Waals surface area contributed by atoms with Crippen molar-refractivity contribution in [1.82, 2.24) is 9.80 Å². The first-order valence-electron chi connectivity index (χ1n) is 8.24. The predicted molar refractivity (Wildman–Crippen MR) is 86.8 cm³/mol. The standard InChI is InChI=1S/C17H31N3O/c1-16(2,3)11-15(21)20-9-5-14(6-10-20)19(4)13-17(12-18)7-8-17/h12,14,18H,5-11,13H2,1-4H3. The zero-order valence-electron chi connectivity index (χ0n) is 14.1. The molecule has 2 rings (SSSR count). The minimum Gasteiger partial charge on any atom is -0.343 e. The predicted octanol–water partition coefficient (Wildman–Crippen LogP) is 2.78. The fourth-order valence-corrected chi connectivity index (χ4v) is 3.26. The highest BCUT2D eigenvalue weighted by Crippen LogP contribution is 2.44. The number of likely N-dealkylation sites (tertiary alicyclic amines) is 1. The van der Waals surface area contributed by atoms with Crippen LogP contribution in [0.5, 0.6) is 0 Å². The summed E-state index contributed by atoms with van der Waals surface area (Å²) in [5.41, 5.74) is 0.251. The number of amides is 1. The van der Waals surface area contributed by atoms with Gasteiger partial charge in [0.25, 0.3) is 0 Å². The molecule has 1 amide bonds. The first kappa shape index (κ1) is 16.5. The summed E-state index contributed by atoms with van der Waals surface area (Å²) in [6.07, 6.45) is 6.77. The summed E-state index contributed by atoms with van der Waals surface area (Å²) in [5.74, 6) is 0.307. The van der Waals surface area contributed by atoms with Crippen LogP contribution in [0.15, 0.2) is 0 Å². The first-order chi connectivity index (χ1) is 9.75. The van der Waals surface area contributed by atoms with Crippen LogP contribution in [0.3, 0.4) is 0 Å². The number of hydrogen-bond donors (Lipinski definition) is 1. The normalized spacial score (nSPS) is 22.4. The molecule has 2 fully saturated rings. The number of nitrogens with zero attached hydrogens (tertiary/aromatic N) is 2. The smallest absolute Gasteiger partial charge is 0.223 e. The van der Waals surface area contributed by atoms with Crippen LogP contribution < -0.4 is 0 Å². The van der Waals surface area contributed by atoms with E-state index in [1.165, 1.54) is 12.8 Å². The van der Waals surface area contributed by atoms with Crippen LogP contribution in [0, 0.1) is 16.2 Å². The lowest BCUT2D eigenvalue weighted by atomic mass is 9.91. The molecule has 4 heteroatoms. The fourth-order valence-electron chi connectivity index (χ4n) is 3.26. The van der Waals surface area contributed by atoms with Gasteiger partial charge in [-0.15, -0.1) is 0 Å². The van der Waals surface area contributed by atoms with Gasteiger partial charge in [0.15, 0.2) is 0 Å². The van der Waals surface area contributed by atoms with Crippen LogP contribution in [-0.2, 0) is 4.79 Å². The summed E-state index contributed by atoms with van der Waals surface area (Å²) >= 11 is 0. The minimum absolute atomic E-state index is 0.0764. The molecule has 21 heavy (non-hydrogen) atoms. The zero-order chi connectivity index (χ0) is 15.7. The van der Waals surface area contributed by atoms with Gasteiger partial charge in [0.1, 0.15) is 0 Å². The van der Waals surface area contributed by atoms with Gasteiger partial charge < -0.3 is 15.2 Å². The Morgan fingerprint density at radius 2 is 1.90 bits per heavy atom. The van der Waals surface area contributed by atoms with E-state index in [-0.39, 0.29) is 10.8 Å². The highest BCUT2D eigenvalue weighted by Gasteiger charge is 2.42. The van der Waals surface area contributed by atoms with E-state index in [2.05, 4.69) is 32.7 Å². The Kier molecular flexibility index (Phi) is 4.76. The molecule has 1 aliphatic heterocycles. The molecule has 1 heterocycles. The summed E-state index contributed by atoms with van der Waals surface area (Å²) in [7, 11) is 2.18. The highest BCUT2D eigenvalue weighted by molar-refractivity contribution is 5.76. The van der Waals surface area contributed by atoms with Crippen LogP contribution in [0.2, 0.25) is 0 Å². The molecule has 0 atom stereocenters. The quantitative estimate of drug-likeness (QED) is 0.792. The number of hydrogen-bond acceptors (Lipinski definition) is 3. The molecule has 0 aromatic rings. The van der Waals surface area contributed by atoms with Crippen molar-refractivity contribution in [2.45, 2.75) is 58.9 Å². The molecule has 0 aromatic heterocycles. The molecule has 2 aliphatic rings. The lowest BCUT2D eigenvalue weighted by Crippen LogP contribution is -2.47. The van der Waals surface area contributed by atoms with Crippen molar-refractivity contribution in [1.29, 1.82) is 5.41 Å². The molecule has 1 saturated carbocycles. The summed E-state index contributed by atoms with van der Waals surface area (Å²) in [6, 6.07) is 0.570. The van der Waals surface area contributed by atoms with E-state index < -0.39 is 0 Å². The van der Waals surface area contributed by atoms with E-state index in [9.17, 15) is 4.79 Å². The Balaban J connectivity index is 1.77. The van der Waals surface area contributed by atoms with E-state index in [0.717, 1.165) is 32.5 Å². The third-order valence-corrected chi connectivity index (χ3v) is 4.88. The second kappa shape index (κ2) is 6.07. The number of nitrogens with one attached hydrogen (secondary N) is 1. The molecule has 0 bridgehead atoms. The Hall–Kier alpha value is -0.900. The fraction of sp³-hybridized carbons (Fsp3) is 0.882. The van der Waals surface area contributed by atoms with Crippen molar-refractivity contribution >= 4 is 12.1 Å². The molecule has 0 spiro atoms. The van der Waals surface area contributed by atoms with E-state index in [4.69, 9.17) is 5.41 Å². The number of carbonyl (C=O) groups excluding carboxylic acids is 1. The van der Waals surface area contributed by atoms with Gasteiger partial charge >= 0.3 is 0 Å². The van der Waals surface area contributed by atoms with Crippen molar-refractivity contribution in [3.05, 3.63) is 0 Å². The molecule has 1 aliphatic carbocycles. The number of carbonyl (C=O) groups is 1. The number of piperidine rings is 1. The monoisotopic (exact) mass is 293 g/mol. The summed E-state index contributed by atoms with van der Waals surface area (Å²) in [4.78, 5) is 16.7. The molecular formula is C17H31N3O. The lowest BCUT2D eigenvalue weighted by molar-refractivity contribution is -0.134. The van der Waals surface area contributed by atoms with E-state index in [1.54, 1.807) is 6.21 Å². The molecule has 1 N–H and O–H groups in total. The second-order valence-electron chi connectivity index (χ2n) is 8.27. The van der Waals surface area contributed by atoms with Crippen molar-refractivity contribution in [2.24, 2.45) is 10.8 Å². The van der Waals surface area contributed by atoms with Crippen molar-refractivity contribution in [3.8, 4) is 0 Å². The van der Waals surface area contributed by atoms with Crippen molar-refractivity contribution < 1.29 is 4.79 Å². The van der Waals surface area contributed by atoms with Crippen LogP contribution in [0.25, 0.3) is 0 Å². The summed E-state index contributed by atoms with van der Waals surface area (Å²) in [5, 5.41) is 7.54. The van der Waals surface area contributed by atoms with E-state index in [0.29, 0.717) is 18.4 Å². The number of rotatable bonds is 5. The van der Waals surface area contributed by atoms with Gasteiger partial charge in [-0.05, 0) is 38.1 Å². The maximum Gasteiger partial charge on any atom is 0.223 e. The summed E-state index contributed by atoms with van der Waals surface area (Å²) < 4.78 is 0. The zero-order valence-corrected chi connectivity index (χ0v) is 14.1. The third kappa shape index (κ3) is 4.53. The van der Waals surface area contributed by atoms with E-state index in [1.807, 2.05) is 4.90 Å². The van der Waals surface area contributed by atoms with Crippen LogP contribution in [0.1, 0.15) is 52.9 Å². The summed E-state index contributed by atoms with van der Waals surface area (Å²) in [6.45, 7) is 9.16. The third-order valence-electron chi connectivity index (χ3n) is 4.88. The van der Waals surface area contributed by atoms with Gasteiger partial charge in [-0.3, -0.25) is 4.79 Å². The Bertz CT molecular complexity index is 387. The van der Waals surface area contributed by atoms with Crippen LogP contribution in [0.4, 0.5) is 0 Å². The second-order valence-corrected chi connectivity index (χ2v) is 8.27. The molecule has 0 unspecified atom stereocenters. The van der Waals surface area contributed by atoms with E-state index >= 15 is 0 Å². The van der Waals surface area contributed by atoms with Crippen molar-refractivity contribution in [2.75, 3.05) is 26.7 Å². The van der Waals surface area contributed by atoms with Crippen LogP contribution >= 0.6 is 0 Å². The molecular weight excluding hydrogens is 262 g/mol. The molecule has 4 nitrogen and oxygen atoms in total. The molecule has 120 valence electrons. The largest absolute Gasteiger partial charge is 0.343 e. The Morgan fingerprint density at radius 1 is 1.33 bits per heavy atom. The lowest BCUT2D eigenvalue weighted by Gasteiger charge is -2.38. The first-order valence-corrected chi connectivity index (χ1v) is 8.24. The average Bonchev–Trinajstić information content (AvgIpc) is 3.17. The topological polar surface area (TPSA) is 47.4 Å². The van der Waals surface area contributed by atoms with Gasteiger partial charge in [0.2, 0.25) is 5.91 Å². The maximum atomic E-state index is 12.3. The molecule has 0 aromatic carbocycles. The average molecular weight is 293 g/mol. The highest BCUT2D eigenvalue weighted by atomic mass is 16.2. The Labute approximate surface area is 129 Å². The SMILES string of the molecule is CN(CC1(C=N)CC1)C1CCN(C(=O)CC(C)(C)C)CC1. The van der Waals surface area contributed by atoms with Gasteiger partial charge in [-0.1, -0.05) is 20.8 Å². The van der Waals surface area contributed by atoms with Gasteiger partial charge in [-0.2, -0.15) is 0 Å². The Morgan fingerprint density at radius 3 is 2.33 bits per heavy atom. The minimum atomic E-state index is 0.0764. The maximum absolute atomic E-state index is 12.3. The molecule has 0 radical (unpaired) electrons.